The molecule has 0 aliphatic heterocycles. The minimum atomic E-state index is 0.837. The second kappa shape index (κ2) is 5.64. The summed E-state index contributed by atoms with van der Waals surface area (Å²) in [6, 6.07) is 0.837. The fourth-order valence-corrected chi connectivity index (χ4v) is 2.01. The van der Waals surface area contributed by atoms with Crippen LogP contribution in [0.25, 0.3) is 0 Å². The molecule has 0 heterocycles. The Morgan fingerprint density at radius 2 is 1.92 bits per heavy atom. The summed E-state index contributed by atoms with van der Waals surface area (Å²) >= 11 is 0. The number of rotatable bonds is 7. The first-order valence-electron chi connectivity index (χ1n) is 5.97. The Bertz CT molecular complexity index is 127. The molecule has 1 saturated carbocycles. The summed E-state index contributed by atoms with van der Waals surface area (Å²) in [6.45, 7) is 8.00. The van der Waals surface area contributed by atoms with Gasteiger partial charge in [0.25, 0.3) is 0 Å². The first kappa shape index (κ1) is 11.0. The Labute approximate surface area is 83.3 Å². The summed E-state index contributed by atoms with van der Waals surface area (Å²) in [6.07, 6.45) is 7.15. The fourth-order valence-electron chi connectivity index (χ4n) is 2.01. The van der Waals surface area contributed by atoms with Crippen LogP contribution in [0.5, 0.6) is 0 Å². The molecule has 78 valence electrons. The van der Waals surface area contributed by atoms with E-state index in [-0.39, 0.29) is 0 Å². The van der Waals surface area contributed by atoms with E-state index in [0.29, 0.717) is 0 Å². The highest BCUT2D eigenvalue weighted by atomic mass is 14.9. The van der Waals surface area contributed by atoms with Crippen molar-refractivity contribution in [2.75, 3.05) is 6.54 Å². The Balaban J connectivity index is 2.07. The van der Waals surface area contributed by atoms with Crippen LogP contribution in [0.2, 0.25) is 0 Å². The number of nitrogens with one attached hydrogen (secondary N) is 1. The van der Waals surface area contributed by atoms with Crippen molar-refractivity contribution in [3.63, 3.8) is 0 Å². The van der Waals surface area contributed by atoms with E-state index in [1.54, 1.807) is 0 Å². The van der Waals surface area contributed by atoms with Gasteiger partial charge in [0.05, 0.1) is 0 Å². The number of hydrogen-bond acceptors (Lipinski definition) is 1. The molecular weight excluding hydrogens is 158 g/mol. The lowest BCUT2D eigenvalue weighted by Gasteiger charge is -2.17. The van der Waals surface area contributed by atoms with E-state index in [2.05, 4.69) is 26.1 Å². The van der Waals surface area contributed by atoms with Gasteiger partial charge >= 0.3 is 0 Å². The average Bonchev–Trinajstić information content (AvgIpc) is 2.84. The maximum absolute atomic E-state index is 3.62. The van der Waals surface area contributed by atoms with E-state index < -0.39 is 0 Å². The zero-order valence-corrected chi connectivity index (χ0v) is 9.47. The van der Waals surface area contributed by atoms with Crippen molar-refractivity contribution in [3.05, 3.63) is 0 Å². The second-order valence-corrected chi connectivity index (χ2v) is 4.83. The van der Waals surface area contributed by atoms with Gasteiger partial charge in [-0.3, -0.25) is 0 Å². The molecule has 1 nitrogen and oxygen atoms in total. The van der Waals surface area contributed by atoms with Crippen molar-refractivity contribution in [2.45, 2.75) is 58.9 Å². The molecule has 13 heavy (non-hydrogen) atoms. The molecule has 0 bridgehead atoms. The van der Waals surface area contributed by atoms with Crippen LogP contribution in [0.1, 0.15) is 52.9 Å². The molecular formula is C12H25N. The largest absolute Gasteiger partial charge is 0.314 e. The fraction of sp³-hybridized carbons (Fsp3) is 1.00. The van der Waals surface area contributed by atoms with Crippen molar-refractivity contribution in [3.8, 4) is 0 Å². The molecule has 1 aliphatic rings. The van der Waals surface area contributed by atoms with E-state index in [4.69, 9.17) is 0 Å². The molecule has 1 atom stereocenters. The van der Waals surface area contributed by atoms with Gasteiger partial charge in [-0.15, -0.1) is 0 Å². The molecule has 1 N–H and O–H groups in total. The van der Waals surface area contributed by atoms with E-state index >= 15 is 0 Å². The van der Waals surface area contributed by atoms with E-state index in [0.717, 1.165) is 24.4 Å². The van der Waals surface area contributed by atoms with Gasteiger partial charge in [0.2, 0.25) is 0 Å². The van der Waals surface area contributed by atoms with Gasteiger partial charge in [0, 0.05) is 6.04 Å². The SMILES string of the molecule is CCNC(CCCC(C)C)C1CC1. The number of hydrogen-bond donors (Lipinski definition) is 1. The standard InChI is InChI=1S/C12H25N/c1-4-13-12(11-8-9-11)7-5-6-10(2)3/h10-13H,4-9H2,1-3H3. The highest BCUT2D eigenvalue weighted by molar-refractivity contribution is 4.85. The zero-order valence-electron chi connectivity index (χ0n) is 9.47. The van der Waals surface area contributed by atoms with Gasteiger partial charge in [-0.2, -0.15) is 0 Å². The Hall–Kier alpha value is -0.0400. The summed E-state index contributed by atoms with van der Waals surface area (Å²) in [5.74, 6) is 1.90. The van der Waals surface area contributed by atoms with Crippen LogP contribution in [0, 0.1) is 11.8 Å². The lowest BCUT2D eigenvalue weighted by molar-refractivity contribution is 0.411. The van der Waals surface area contributed by atoms with Crippen LogP contribution in [0.15, 0.2) is 0 Å². The first-order chi connectivity index (χ1) is 6.24. The Morgan fingerprint density at radius 3 is 2.38 bits per heavy atom. The van der Waals surface area contributed by atoms with Gasteiger partial charge < -0.3 is 5.32 Å². The van der Waals surface area contributed by atoms with E-state index in [1.165, 1.54) is 32.1 Å². The van der Waals surface area contributed by atoms with Gasteiger partial charge in [-0.05, 0) is 37.6 Å². The molecule has 1 aliphatic carbocycles. The lowest BCUT2D eigenvalue weighted by atomic mass is 10.0. The summed E-state index contributed by atoms with van der Waals surface area (Å²) in [5.41, 5.74) is 0. The van der Waals surface area contributed by atoms with Gasteiger partial charge in [-0.1, -0.05) is 33.6 Å². The smallest absolute Gasteiger partial charge is 0.00952 e. The monoisotopic (exact) mass is 183 g/mol. The lowest BCUT2D eigenvalue weighted by Crippen LogP contribution is -2.30. The van der Waals surface area contributed by atoms with Crippen LogP contribution in [-0.4, -0.2) is 12.6 Å². The Morgan fingerprint density at radius 1 is 1.23 bits per heavy atom. The van der Waals surface area contributed by atoms with Gasteiger partial charge in [-0.25, -0.2) is 0 Å². The van der Waals surface area contributed by atoms with Crippen LogP contribution in [0.4, 0.5) is 0 Å². The van der Waals surface area contributed by atoms with Crippen molar-refractivity contribution in [1.29, 1.82) is 0 Å². The molecule has 1 rings (SSSR count). The van der Waals surface area contributed by atoms with Crippen molar-refractivity contribution in [1.82, 2.24) is 5.32 Å². The molecule has 0 amide bonds. The van der Waals surface area contributed by atoms with E-state index in [1.807, 2.05) is 0 Å². The average molecular weight is 183 g/mol. The maximum atomic E-state index is 3.62. The van der Waals surface area contributed by atoms with Crippen LogP contribution >= 0.6 is 0 Å². The molecule has 0 radical (unpaired) electrons. The molecule has 0 spiro atoms. The molecule has 0 saturated heterocycles. The molecule has 1 unspecified atom stereocenters. The van der Waals surface area contributed by atoms with Crippen molar-refractivity contribution < 1.29 is 0 Å². The molecule has 0 aromatic rings. The first-order valence-corrected chi connectivity index (χ1v) is 5.97. The van der Waals surface area contributed by atoms with Crippen LogP contribution in [-0.2, 0) is 0 Å². The minimum absolute atomic E-state index is 0.837. The van der Waals surface area contributed by atoms with Gasteiger partial charge in [0.1, 0.15) is 0 Å². The molecule has 0 aromatic carbocycles. The third-order valence-corrected chi connectivity index (χ3v) is 2.95. The Kier molecular flexibility index (Phi) is 4.79. The van der Waals surface area contributed by atoms with E-state index in [9.17, 15) is 0 Å². The normalized spacial score (nSPS) is 19.4. The quantitative estimate of drug-likeness (QED) is 0.639. The third kappa shape index (κ3) is 4.66. The second-order valence-electron chi connectivity index (χ2n) is 4.83. The molecule has 1 heteroatoms. The minimum Gasteiger partial charge on any atom is -0.314 e. The van der Waals surface area contributed by atoms with Gasteiger partial charge in [0.15, 0.2) is 0 Å². The highest BCUT2D eigenvalue weighted by Gasteiger charge is 2.29. The predicted molar refractivity (Wildman–Crippen MR) is 58.9 cm³/mol. The molecule has 1 fully saturated rings. The van der Waals surface area contributed by atoms with Crippen molar-refractivity contribution in [2.24, 2.45) is 11.8 Å². The highest BCUT2D eigenvalue weighted by Crippen LogP contribution is 2.34. The topological polar surface area (TPSA) is 12.0 Å². The zero-order chi connectivity index (χ0) is 9.68. The predicted octanol–water partition coefficient (Wildman–Crippen LogP) is 3.20. The summed E-state index contributed by atoms with van der Waals surface area (Å²) in [4.78, 5) is 0. The van der Waals surface area contributed by atoms with Crippen molar-refractivity contribution >= 4 is 0 Å². The molecule has 0 aromatic heterocycles. The van der Waals surface area contributed by atoms with Crippen LogP contribution < -0.4 is 5.32 Å². The third-order valence-electron chi connectivity index (χ3n) is 2.95. The summed E-state index contributed by atoms with van der Waals surface area (Å²) in [7, 11) is 0. The summed E-state index contributed by atoms with van der Waals surface area (Å²) in [5, 5.41) is 3.62. The summed E-state index contributed by atoms with van der Waals surface area (Å²) < 4.78 is 0. The van der Waals surface area contributed by atoms with Crippen LogP contribution in [0.3, 0.4) is 0 Å². The maximum Gasteiger partial charge on any atom is 0.00952 e.